The van der Waals surface area contributed by atoms with Crippen molar-refractivity contribution in [2.24, 2.45) is 22.6 Å². The highest BCUT2D eigenvalue weighted by Gasteiger charge is 2.52. The Morgan fingerprint density at radius 3 is 2.78 bits per heavy atom. The van der Waals surface area contributed by atoms with Gasteiger partial charge in [0.1, 0.15) is 0 Å². The SMILES string of the molecule is Cc1cc(N2C[C@H]3C[C@H]3C2=O)cnc1C(C)N=CC(=CN)C(=O)NC1CC(c2cc(Cl)ccc2C#N)C1. The molecular weight excluding hydrogens is 488 g/mol. The third kappa shape index (κ3) is 4.96. The number of anilines is 1. The van der Waals surface area contributed by atoms with Crippen LogP contribution in [0.5, 0.6) is 0 Å². The van der Waals surface area contributed by atoms with Gasteiger partial charge >= 0.3 is 0 Å². The number of amides is 2. The van der Waals surface area contributed by atoms with Crippen LogP contribution in [0.15, 0.2) is 47.2 Å². The van der Waals surface area contributed by atoms with Gasteiger partial charge in [0, 0.05) is 35.9 Å². The molecule has 2 aromatic rings. The number of nitrogens with zero attached hydrogens (tertiary/aromatic N) is 4. The largest absolute Gasteiger partial charge is 0.404 e. The summed E-state index contributed by atoms with van der Waals surface area (Å²) in [5.74, 6) is 0.788. The van der Waals surface area contributed by atoms with Gasteiger partial charge in [-0.05, 0) is 80.3 Å². The number of hydrogen-bond donors (Lipinski definition) is 2. The molecule has 9 heteroatoms. The number of halogens is 1. The summed E-state index contributed by atoms with van der Waals surface area (Å²) in [7, 11) is 0. The molecule has 0 radical (unpaired) electrons. The lowest BCUT2D eigenvalue weighted by atomic mass is 9.74. The van der Waals surface area contributed by atoms with Gasteiger partial charge in [-0.25, -0.2) is 0 Å². The van der Waals surface area contributed by atoms with Crippen LogP contribution in [0, 0.1) is 30.1 Å². The van der Waals surface area contributed by atoms with Crippen molar-refractivity contribution in [3.8, 4) is 6.07 Å². The highest BCUT2D eigenvalue weighted by molar-refractivity contribution is 6.30. The molecule has 2 heterocycles. The quantitative estimate of drug-likeness (QED) is 0.426. The van der Waals surface area contributed by atoms with Crippen LogP contribution in [0.1, 0.15) is 60.5 Å². The Morgan fingerprint density at radius 1 is 1.35 bits per heavy atom. The van der Waals surface area contributed by atoms with E-state index in [-0.39, 0.29) is 41.3 Å². The molecule has 3 N–H and O–H groups in total. The molecule has 190 valence electrons. The number of carbonyl (C=O) groups is 2. The Kier molecular flexibility index (Phi) is 6.74. The second-order valence-electron chi connectivity index (χ2n) is 10.2. The van der Waals surface area contributed by atoms with E-state index in [2.05, 4.69) is 21.4 Å². The van der Waals surface area contributed by atoms with Gasteiger partial charge in [0.15, 0.2) is 0 Å². The Morgan fingerprint density at radius 2 is 2.14 bits per heavy atom. The van der Waals surface area contributed by atoms with Crippen LogP contribution >= 0.6 is 11.6 Å². The predicted octanol–water partition coefficient (Wildman–Crippen LogP) is 3.93. The lowest BCUT2D eigenvalue weighted by Crippen LogP contribution is -2.44. The molecule has 0 spiro atoms. The zero-order chi connectivity index (χ0) is 26.3. The Bertz CT molecular complexity index is 1360. The normalized spacial score (nSPS) is 25.4. The monoisotopic (exact) mass is 516 g/mol. The first-order chi connectivity index (χ1) is 17.8. The molecule has 3 aliphatic rings. The average Bonchev–Trinajstić information content (AvgIpc) is 3.56. The first-order valence-electron chi connectivity index (χ1n) is 12.5. The minimum Gasteiger partial charge on any atom is -0.404 e. The molecule has 0 bridgehead atoms. The second-order valence-corrected chi connectivity index (χ2v) is 10.6. The number of aryl methyl sites for hydroxylation is 1. The van der Waals surface area contributed by atoms with Crippen molar-refractivity contribution in [2.75, 3.05) is 11.4 Å². The fourth-order valence-electron chi connectivity index (χ4n) is 5.34. The molecule has 1 unspecified atom stereocenters. The molecule has 3 fully saturated rings. The first-order valence-corrected chi connectivity index (χ1v) is 12.9. The van der Waals surface area contributed by atoms with Gasteiger partial charge in [0.05, 0.1) is 40.8 Å². The van der Waals surface area contributed by atoms with Gasteiger partial charge in [-0.1, -0.05) is 11.6 Å². The van der Waals surface area contributed by atoms with Crippen LogP contribution in [0.4, 0.5) is 5.69 Å². The molecule has 37 heavy (non-hydrogen) atoms. The molecule has 2 aliphatic carbocycles. The van der Waals surface area contributed by atoms with E-state index in [1.165, 1.54) is 12.4 Å². The van der Waals surface area contributed by atoms with Crippen molar-refractivity contribution in [3.05, 3.63) is 69.6 Å². The third-order valence-electron chi connectivity index (χ3n) is 7.66. The van der Waals surface area contributed by atoms with E-state index in [1.807, 2.05) is 30.9 Å². The average molecular weight is 517 g/mol. The van der Waals surface area contributed by atoms with E-state index in [9.17, 15) is 14.9 Å². The maximum absolute atomic E-state index is 12.8. The predicted molar refractivity (Wildman–Crippen MR) is 142 cm³/mol. The smallest absolute Gasteiger partial charge is 0.254 e. The van der Waals surface area contributed by atoms with Crippen molar-refractivity contribution in [3.63, 3.8) is 0 Å². The summed E-state index contributed by atoms with van der Waals surface area (Å²) in [5, 5.41) is 13.0. The molecule has 1 aromatic carbocycles. The zero-order valence-corrected chi connectivity index (χ0v) is 21.6. The van der Waals surface area contributed by atoms with Crippen molar-refractivity contribution in [1.29, 1.82) is 5.26 Å². The van der Waals surface area contributed by atoms with Crippen LogP contribution in [0.3, 0.4) is 0 Å². The number of fused-ring (bicyclic) bond motifs is 1. The van der Waals surface area contributed by atoms with Crippen molar-refractivity contribution in [1.82, 2.24) is 10.3 Å². The number of benzene rings is 1. The molecule has 2 amide bonds. The van der Waals surface area contributed by atoms with Gasteiger partial charge < -0.3 is 16.0 Å². The van der Waals surface area contributed by atoms with Gasteiger partial charge in [0.2, 0.25) is 5.91 Å². The number of nitriles is 1. The van der Waals surface area contributed by atoms with Crippen molar-refractivity contribution >= 4 is 35.3 Å². The van der Waals surface area contributed by atoms with Gasteiger partial charge in [-0.3, -0.25) is 19.6 Å². The number of carbonyl (C=O) groups excluding carboxylic acids is 2. The number of nitrogens with two attached hydrogens (primary N) is 1. The number of pyridine rings is 1. The summed E-state index contributed by atoms with van der Waals surface area (Å²) < 4.78 is 0. The number of aromatic nitrogens is 1. The maximum Gasteiger partial charge on any atom is 0.254 e. The highest BCUT2D eigenvalue weighted by Crippen LogP contribution is 2.47. The molecule has 8 nitrogen and oxygen atoms in total. The number of rotatable bonds is 7. The molecule has 1 aliphatic heterocycles. The molecular formula is C28H29ClN6O2. The van der Waals surface area contributed by atoms with E-state index in [4.69, 9.17) is 17.3 Å². The Labute approximate surface area is 221 Å². The lowest BCUT2D eigenvalue weighted by molar-refractivity contribution is -0.119. The number of hydrogen-bond acceptors (Lipinski definition) is 6. The Hall–Kier alpha value is -3.70. The molecule has 1 saturated heterocycles. The van der Waals surface area contributed by atoms with Gasteiger partial charge in [-0.2, -0.15) is 5.26 Å². The van der Waals surface area contributed by atoms with Crippen LogP contribution in [0.2, 0.25) is 5.02 Å². The second kappa shape index (κ2) is 9.98. The van der Waals surface area contributed by atoms with Crippen LogP contribution < -0.4 is 16.0 Å². The van der Waals surface area contributed by atoms with Gasteiger partial charge in [0.25, 0.3) is 5.91 Å². The fourth-order valence-corrected chi connectivity index (χ4v) is 5.52. The summed E-state index contributed by atoms with van der Waals surface area (Å²) in [4.78, 5) is 36.1. The van der Waals surface area contributed by atoms with Crippen molar-refractivity contribution in [2.45, 2.75) is 51.1 Å². The van der Waals surface area contributed by atoms with E-state index < -0.39 is 0 Å². The molecule has 5 rings (SSSR count). The maximum atomic E-state index is 12.8. The minimum absolute atomic E-state index is 0.0143. The molecule has 2 saturated carbocycles. The number of aliphatic imine (C=N–C) groups is 1. The summed E-state index contributed by atoms with van der Waals surface area (Å²) in [6.45, 7) is 4.63. The molecule has 1 aromatic heterocycles. The minimum atomic E-state index is -0.292. The summed E-state index contributed by atoms with van der Waals surface area (Å²) >= 11 is 6.11. The van der Waals surface area contributed by atoms with E-state index >= 15 is 0 Å². The van der Waals surface area contributed by atoms with E-state index in [1.54, 1.807) is 18.3 Å². The topological polar surface area (TPSA) is 124 Å². The third-order valence-corrected chi connectivity index (χ3v) is 7.90. The summed E-state index contributed by atoms with van der Waals surface area (Å²) in [6, 6.07) is 9.16. The van der Waals surface area contributed by atoms with E-state index in [0.29, 0.717) is 16.5 Å². The van der Waals surface area contributed by atoms with Crippen LogP contribution in [0.25, 0.3) is 0 Å². The van der Waals surface area contributed by atoms with Crippen LogP contribution in [-0.4, -0.2) is 35.6 Å². The standard InChI is InChI=1S/C28H29ClN6O2/c1-15-5-23(35-14-19-8-25(19)28(35)37)13-33-26(15)16(2)32-12-20(11-31)27(36)34-22-6-18(7-22)24-9-21(29)4-3-17(24)10-30/h3-5,9,11-13,16,18-19,22,25H,6-8,14,31H2,1-2H3,(H,34,36)/t16?,18?,19-,22?,25-/m1/s1. The summed E-state index contributed by atoms with van der Waals surface area (Å²) in [5.41, 5.74) is 10.1. The van der Waals surface area contributed by atoms with E-state index in [0.717, 1.165) is 48.3 Å². The molecule has 3 atom stereocenters. The number of nitrogens with one attached hydrogen (secondary N) is 1. The lowest BCUT2D eigenvalue weighted by Gasteiger charge is -2.36. The zero-order valence-electron chi connectivity index (χ0n) is 20.8. The number of piperidine rings is 1. The van der Waals surface area contributed by atoms with Crippen LogP contribution in [-0.2, 0) is 9.59 Å². The van der Waals surface area contributed by atoms with Gasteiger partial charge in [-0.15, -0.1) is 0 Å². The fraction of sp³-hybridized carbons (Fsp3) is 0.393. The Balaban J connectivity index is 1.17. The van der Waals surface area contributed by atoms with Crippen molar-refractivity contribution < 1.29 is 9.59 Å². The summed E-state index contributed by atoms with van der Waals surface area (Å²) in [6.07, 6.45) is 6.93. The first kappa shape index (κ1) is 25.0. The highest BCUT2D eigenvalue weighted by atomic mass is 35.5.